The molecule has 35 heavy (non-hydrogen) atoms. The van der Waals surface area contributed by atoms with Crippen LogP contribution in [-0.2, 0) is 17.8 Å². The van der Waals surface area contributed by atoms with Gasteiger partial charge in [0.15, 0.2) is 11.5 Å². The number of hydrogen-bond acceptors (Lipinski definition) is 4. The van der Waals surface area contributed by atoms with Crippen molar-refractivity contribution in [2.45, 2.75) is 25.8 Å². The number of benzene rings is 3. The van der Waals surface area contributed by atoms with Gasteiger partial charge in [-0.3, -0.25) is 9.59 Å². The second-order valence-electron chi connectivity index (χ2n) is 9.68. The standard InChI is InChI=1S/C29H28N2O4/c1-19-6-8-21(9-7-19)24-16-31(28(32)22-10-11-26-27(14-22)35-18-34-26)17-25(24)29(33)30-13-12-20-4-2-3-5-23(20)15-30/h2-11,14,24-25H,12-13,15-18H2,1H3. The van der Waals surface area contributed by atoms with E-state index in [0.29, 0.717) is 43.2 Å². The summed E-state index contributed by atoms with van der Waals surface area (Å²) in [4.78, 5) is 31.2. The van der Waals surface area contributed by atoms with Crippen molar-refractivity contribution < 1.29 is 19.1 Å². The summed E-state index contributed by atoms with van der Waals surface area (Å²) in [5, 5.41) is 0. The fourth-order valence-electron chi connectivity index (χ4n) is 5.50. The number of aryl methyl sites for hydroxylation is 1. The van der Waals surface area contributed by atoms with Crippen LogP contribution in [0.4, 0.5) is 0 Å². The molecule has 0 spiro atoms. The maximum absolute atomic E-state index is 13.9. The molecule has 2 atom stereocenters. The smallest absolute Gasteiger partial charge is 0.254 e. The summed E-state index contributed by atoms with van der Waals surface area (Å²) in [6.45, 7) is 4.48. The molecule has 3 aromatic carbocycles. The Morgan fingerprint density at radius 3 is 2.46 bits per heavy atom. The van der Waals surface area contributed by atoms with E-state index < -0.39 is 0 Å². The topological polar surface area (TPSA) is 59.1 Å². The van der Waals surface area contributed by atoms with Gasteiger partial charge < -0.3 is 19.3 Å². The minimum atomic E-state index is -0.277. The van der Waals surface area contributed by atoms with Crippen molar-refractivity contribution in [1.29, 1.82) is 0 Å². The highest BCUT2D eigenvalue weighted by Gasteiger charge is 2.42. The molecule has 0 aliphatic carbocycles. The van der Waals surface area contributed by atoms with Gasteiger partial charge in [0.2, 0.25) is 12.7 Å². The van der Waals surface area contributed by atoms with Gasteiger partial charge in [-0.15, -0.1) is 0 Å². The van der Waals surface area contributed by atoms with Crippen LogP contribution in [0.1, 0.15) is 38.5 Å². The molecule has 3 aliphatic rings. The predicted octanol–water partition coefficient (Wildman–Crippen LogP) is 4.16. The minimum Gasteiger partial charge on any atom is -0.454 e. The number of likely N-dealkylation sites (tertiary alicyclic amines) is 1. The van der Waals surface area contributed by atoms with E-state index in [-0.39, 0.29) is 30.4 Å². The SMILES string of the molecule is Cc1ccc(C2CN(C(=O)c3ccc4c(c3)OCO4)CC2C(=O)N2CCc3ccccc3C2)cc1. The third-order valence-electron chi connectivity index (χ3n) is 7.49. The molecule has 0 N–H and O–H groups in total. The van der Waals surface area contributed by atoms with Crippen molar-refractivity contribution in [3.05, 3.63) is 94.5 Å². The highest BCUT2D eigenvalue weighted by molar-refractivity contribution is 5.96. The first-order valence-electron chi connectivity index (χ1n) is 12.2. The van der Waals surface area contributed by atoms with E-state index >= 15 is 0 Å². The van der Waals surface area contributed by atoms with E-state index in [4.69, 9.17) is 9.47 Å². The Bertz CT molecular complexity index is 1290. The maximum atomic E-state index is 13.9. The molecule has 0 saturated carbocycles. The third-order valence-corrected chi connectivity index (χ3v) is 7.49. The van der Waals surface area contributed by atoms with Crippen LogP contribution in [0.5, 0.6) is 11.5 Å². The molecule has 6 heteroatoms. The Labute approximate surface area is 205 Å². The number of hydrogen-bond donors (Lipinski definition) is 0. The molecule has 1 fully saturated rings. The summed E-state index contributed by atoms with van der Waals surface area (Å²) in [6.07, 6.45) is 0.865. The zero-order valence-electron chi connectivity index (χ0n) is 19.8. The molecule has 2 amide bonds. The van der Waals surface area contributed by atoms with Crippen molar-refractivity contribution in [3.8, 4) is 11.5 Å². The maximum Gasteiger partial charge on any atom is 0.254 e. The summed E-state index contributed by atoms with van der Waals surface area (Å²) in [5.74, 6) is 0.966. The number of amides is 2. The molecule has 3 aliphatic heterocycles. The number of carbonyl (C=O) groups is 2. The van der Waals surface area contributed by atoms with Gasteiger partial charge in [0.05, 0.1) is 5.92 Å². The zero-order valence-corrected chi connectivity index (χ0v) is 19.8. The average Bonchev–Trinajstić information content (AvgIpc) is 3.55. The molecule has 6 nitrogen and oxygen atoms in total. The van der Waals surface area contributed by atoms with E-state index in [1.54, 1.807) is 18.2 Å². The summed E-state index contributed by atoms with van der Waals surface area (Å²) in [5.41, 5.74) is 5.36. The Hall–Kier alpha value is -3.80. The fourth-order valence-corrected chi connectivity index (χ4v) is 5.50. The molecule has 0 aromatic heterocycles. The van der Waals surface area contributed by atoms with E-state index in [0.717, 1.165) is 12.0 Å². The van der Waals surface area contributed by atoms with Crippen LogP contribution in [0.2, 0.25) is 0 Å². The van der Waals surface area contributed by atoms with Crippen LogP contribution in [0.25, 0.3) is 0 Å². The molecular weight excluding hydrogens is 440 g/mol. The van der Waals surface area contributed by atoms with Crippen molar-refractivity contribution in [3.63, 3.8) is 0 Å². The summed E-state index contributed by atoms with van der Waals surface area (Å²) < 4.78 is 10.9. The van der Waals surface area contributed by atoms with Gasteiger partial charge in [0.1, 0.15) is 0 Å². The quantitative estimate of drug-likeness (QED) is 0.579. The van der Waals surface area contributed by atoms with Crippen LogP contribution >= 0.6 is 0 Å². The van der Waals surface area contributed by atoms with Gasteiger partial charge in [0.25, 0.3) is 5.91 Å². The van der Waals surface area contributed by atoms with E-state index in [1.165, 1.54) is 16.7 Å². The normalized spacial score (nSPS) is 20.6. The monoisotopic (exact) mass is 468 g/mol. The molecular formula is C29H28N2O4. The van der Waals surface area contributed by atoms with E-state index in [9.17, 15) is 9.59 Å². The Balaban J connectivity index is 1.27. The van der Waals surface area contributed by atoms with Gasteiger partial charge in [0, 0.05) is 37.7 Å². The Morgan fingerprint density at radius 2 is 1.63 bits per heavy atom. The summed E-state index contributed by atoms with van der Waals surface area (Å²) >= 11 is 0. The van der Waals surface area contributed by atoms with Gasteiger partial charge in [-0.05, 0) is 48.2 Å². The lowest BCUT2D eigenvalue weighted by Gasteiger charge is -2.32. The molecule has 2 unspecified atom stereocenters. The van der Waals surface area contributed by atoms with Crippen molar-refractivity contribution in [1.82, 2.24) is 9.80 Å². The lowest BCUT2D eigenvalue weighted by atomic mass is 9.87. The van der Waals surface area contributed by atoms with Crippen LogP contribution < -0.4 is 9.47 Å². The first kappa shape index (κ1) is 21.7. The van der Waals surface area contributed by atoms with Gasteiger partial charge >= 0.3 is 0 Å². The van der Waals surface area contributed by atoms with E-state index in [2.05, 4.69) is 49.4 Å². The lowest BCUT2D eigenvalue weighted by Crippen LogP contribution is -2.42. The van der Waals surface area contributed by atoms with Gasteiger partial charge in [-0.1, -0.05) is 54.1 Å². The molecule has 178 valence electrons. The fraction of sp³-hybridized carbons (Fsp3) is 0.310. The number of carbonyl (C=O) groups excluding carboxylic acids is 2. The molecule has 1 saturated heterocycles. The number of ether oxygens (including phenoxy) is 2. The third kappa shape index (κ3) is 4.03. The van der Waals surface area contributed by atoms with Crippen molar-refractivity contribution >= 4 is 11.8 Å². The summed E-state index contributed by atoms with van der Waals surface area (Å²) in [6, 6.07) is 22.0. The Kier molecular flexibility index (Phi) is 5.44. The van der Waals surface area contributed by atoms with Gasteiger partial charge in [-0.25, -0.2) is 0 Å². The lowest BCUT2D eigenvalue weighted by molar-refractivity contribution is -0.136. The largest absolute Gasteiger partial charge is 0.454 e. The molecule has 6 rings (SSSR count). The van der Waals surface area contributed by atoms with Crippen LogP contribution in [0, 0.1) is 12.8 Å². The summed E-state index contributed by atoms with van der Waals surface area (Å²) in [7, 11) is 0. The highest BCUT2D eigenvalue weighted by Crippen LogP contribution is 2.37. The molecule has 0 bridgehead atoms. The Morgan fingerprint density at radius 1 is 0.857 bits per heavy atom. The van der Waals surface area contributed by atoms with Crippen LogP contribution in [0.3, 0.4) is 0 Å². The van der Waals surface area contributed by atoms with E-state index in [1.807, 2.05) is 15.9 Å². The van der Waals surface area contributed by atoms with Crippen molar-refractivity contribution in [2.75, 3.05) is 26.4 Å². The second kappa shape index (κ2) is 8.77. The number of rotatable bonds is 3. The first-order valence-corrected chi connectivity index (χ1v) is 12.2. The second-order valence-corrected chi connectivity index (χ2v) is 9.68. The first-order chi connectivity index (χ1) is 17.1. The zero-order chi connectivity index (χ0) is 23.9. The molecule has 3 aromatic rings. The number of nitrogens with zero attached hydrogens (tertiary/aromatic N) is 2. The molecule has 3 heterocycles. The number of fused-ring (bicyclic) bond motifs is 2. The minimum absolute atomic E-state index is 0.0433. The highest BCUT2D eigenvalue weighted by atomic mass is 16.7. The van der Waals surface area contributed by atoms with Crippen molar-refractivity contribution in [2.24, 2.45) is 5.92 Å². The molecule has 0 radical (unpaired) electrons. The van der Waals surface area contributed by atoms with Crippen LogP contribution in [-0.4, -0.2) is 48.0 Å². The van der Waals surface area contributed by atoms with Gasteiger partial charge in [-0.2, -0.15) is 0 Å². The average molecular weight is 469 g/mol. The predicted molar refractivity (Wildman–Crippen MR) is 131 cm³/mol. The van der Waals surface area contributed by atoms with Crippen LogP contribution in [0.15, 0.2) is 66.7 Å².